The minimum Gasteiger partial charge on any atom is -0.342 e. The van der Waals surface area contributed by atoms with Gasteiger partial charge in [-0.05, 0) is 31.6 Å². The van der Waals surface area contributed by atoms with Crippen LogP contribution in [0.3, 0.4) is 0 Å². The number of nitrogens with zero attached hydrogens (tertiary/aromatic N) is 3. The highest BCUT2D eigenvalue weighted by Gasteiger charge is 2.38. The predicted octanol–water partition coefficient (Wildman–Crippen LogP) is 1.18. The monoisotopic (exact) mass is 232 g/mol. The number of rotatable bonds is 2. The van der Waals surface area contributed by atoms with E-state index in [2.05, 4.69) is 27.9 Å². The molecule has 92 valence electrons. The topological polar surface area (TPSA) is 33.1 Å². The van der Waals surface area contributed by atoms with Gasteiger partial charge < -0.3 is 14.8 Å². The second-order valence-electron chi connectivity index (χ2n) is 5.90. The van der Waals surface area contributed by atoms with Crippen LogP contribution in [0.1, 0.15) is 24.6 Å². The molecule has 0 aromatic carbocycles. The van der Waals surface area contributed by atoms with E-state index in [9.17, 15) is 0 Å². The van der Waals surface area contributed by atoms with Crippen molar-refractivity contribution in [3.8, 4) is 0 Å². The molecule has 4 heteroatoms. The minimum atomic E-state index is 0.741. The van der Waals surface area contributed by atoms with Gasteiger partial charge in [0.25, 0.3) is 0 Å². The second-order valence-corrected chi connectivity index (χ2v) is 5.90. The molecule has 3 heterocycles. The van der Waals surface area contributed by atoms with Crippen molar-refractivity contribution < 1.29 is 0 Å². The smallest absolute Gasteiger partial charge is 0.205 e. The lowest BCUT2D eigenvalue weighted by Gasteiger charge is -2.19. The van der Waals surface area contributed by atoms with Crippen LogP contribution in [0.25, 0.3) is 0 Å². The normalized spacial score (nSPS) is 32.2. The molecule has 0 bridgehead atoms. The molecule has 0 unspecified atom stereocenters. The molecule has 17 heavy (non-hydrogen) atoms. The number of hydrogen-bond acceptors (Lipinski definition) is 3. The van der Waals surface area contributed by atoms with Crippen molar-refractivity contribution >= 4 is 5.95 Å². The average molecular weight is 232 g/mol. The van der Waals surface area contributed by atoms with Crippen molar-refractivity contribution in [3.63, 3.8) is 0 Å². The zero-order chi connectivity index (χ0) is 11.4. The number of aryl methyl sites for hydroxylation is 1. The molecule has 2 aliphatic heterocycles. The highest BCUT2D eigenvalue weighted by molar-refractivity contribution is 5.37. The number of anilines is 1. The van der Waals surface area contributed by atoms with Gasteiger partial charge in [0.05, 0.1) is 5.69 Å². The van der Waals surface area contributed by atoms with Crippen LogP contribution >= 0.6 is 0 Å². The van der Waals surface area contributed by atoms with Crippen LogP contribution in [0, 0.1) is 18.8 Å². The largest absolute Gasteiger partial charge is 0.342 e. The van der Waals surface area contributed by atoms with Gasteiger partial charge in [-0.15, -0.1) is 0 Å². The number of fused-ring (bicyclic) bond motifs is 1. The SMILES string of the molecule is Cc1cn(C2CC2)c(N2C[C@H]3CNC[C@H]3C2)n1. The molecular weight excluding hydrogens is 212 g/mol. The molecule has 2 saturated heterocycles. The number of aromatic nitrogens is 2. The fraction of sp³-hybridized carbons (Fsp3) is 0.769. The number of nitrogens with one attached hydrogen (secondary N) is 1. The standard InChI is InChI=1S/C13H20N4/c1-9-6-17(12-2-3-12)13(15-9)16-7-10-4-14-5-11(10)8-16/h6,10-12,14H,2-5,7-8H2,1H3/t10-,11+. The molecule has 3 aliphatic rings. The maximum atomic E-state index is 4.75. The summed E-state index contributed by atoms with van der Waals surface area (Å²) < 4.78 is 2.42. The van der Waals surface area contributed by atoms with Crippen LogP contribution < -0.4 is 10.2 Å². The summed E-state index contributed by atoms with van der Waals surface area (Å²) in [4.78, 5) is 7.27. The third-order valence-corrected chi connectivity index (χ3v) is 4.45. The van der Waals surface area contributed by atoms with Crippen LogP contribution in [-0.4, -0.2) is 35.7 Å². The van der Waals surface area contributed by atoms with Gasteiger partial charge in [-0.25, -0.2) is 4.98 Å². The Balaban J connectivity index is 1.62. The van der Waals surface area contributed by atoms with Crippen molar-refractivity contribution in [2.24, 2.45) is 11.8 Å². The van der Waals surface area contributed by atoms with E-state index in [4.69, 9.17) is 4.98 Å². The highest BCUT2D eigenvalue weighted by Crippen LogP contribution is 2.39. The Morgan fingerprint density at radius 3 is 2.59 bits per heavy atom. The first-order chi connectivity index (χ1) is 8.31. The Hall–Kier alpha value is -1.03. The Labute approximate surface area is 102 Å². The molecule has 1 aromatic heterocycles. The molecule has 0 amide bonds. The van der Waals surface area contributed by atoms with Gasteiger partial charge in [-0.2, -0.15) is 0 Å². The van der Waals surface area contributed by atoms with E-state index >= 15 is 0 Å². The molecule has 0 radical (unpaired) electrons. The van der Waals surface area contributed by atoms with Crippen molar-refractivity contribution in [2.75, 3.05) is 31.1 Å². The molecule has 3 fully saturated rings. The van der Waals surface area contributed by atoms with E-state index in [1.807, 2.05) is 0 Å². The van der Waals surface area contributed by atoms with Crippen molar-refractivity contribution in [2.45, 2.75) is 25.8 Å². The Kier molecular flexibility index (Phi) is 2.04. The Morgan fingerprint density at radius 2 is 1.94 bits per heavy atom. The van der Waals surface area contributed by atoms with E-state index < -0.39 is 0 Å². The van der Waals surface area contributed by atoms with Crippen LogP contribution in [0.4, 0.5) is 5.95 Å². The van der Waals surface area contributed by atoms with Crippen LogP contribution in [0.2, 0.25) is 0 Å². The first-order valence-corrected chi connectivity index (χ1v) is 6.82. The predicted molar refractivity (Wildman–Crippen MR) is 67.3 cm³/mol. The summed E-state index contributed by atoms with van der Waals surface area (Å²) in [6.07, 6.45) is 4.91. The zero-order valence-corrected chi connectivity index (χ0v) is 10.4. The van der Waals surface area contributed by atoms with Gasteiger partial charge in [-0.1, -0.05) is 0 Å². The Morgan fingerprint density at radius 1 is 1.24 bits per heavy atom. The van der Waals surface area contributed by atoms with Gasteiger partial charge >= 0.3 is 0 Å². The maximum Gasteiger partial charge on any atom is 0.205 e. The minimum absolute atomic E-state index is 0.741. The van der Waals surface area contributed by atoms with E-state index in [0.29, 0.717) is 0 Å². The Bertz CT molecular complexity index is 423. The fourth-order valence-electron chi connectivity index (χ4n) is 3.38. The van der Waals surface area contributed by atoms with Crippen molar-refractivity contribution in [1.29, 1.82) is 0 Å². The molecule has 4 nitrogen and oxygen atoms in total. The summed E-state index contributed by atoms with van der Waals surface area (Å²) in [6, 6.07) is 0.741. The lowest BCUT2D eigenvalue weighted by atomic mass is 10.0. The first kappa shape index (κ1) is 9.95. The van der Waals surface area contributed by atoms with E-state index in [1.165, 1.54) is 50.7 Å². The van der Waals surface area contributed by atoms with Gasteiger partial charge in [0, 0.05) is 38.4 Å². The summed E-state index contributed by atoms with van der Waals surface area (Å²) in [6.45, 7) is 6.90. The molecule has 1 aromatic rings. The van der Waals surface area contributed by atoms with Gasteiger partial charge in [-0.3, -0.25) is 0 Å². The molecule has 4 rings (SSSR count). The molecular formula is C13H20N4. The first-order valence-electron chi connectivity index (χ1n) is 6.82. The van der Waals surface area contributed by atoms with Crippen LogP contribution in [0.15, 0.2) is 6.20 Å². The number of hydrogen-bond donors (Lipinski definition) is 1. The molecule has 1 N–H and O–H groups in total. The summed E-state index contributed by atoms with van der Waals surface area (Å²) >= 11 is 0. The molecule has 1 aliphatic carbocycles. The third kappa shape index (κ3) is 1.58. The van der Waals surface area contributed by atoms with Crippen LogP contribution in [0.5, 0.6) is 0 Å². The van der Waals surface area contributed by atoms with E-state index in [0.717, 1.165) is 17.9 Å². The molecule has 2 atom stereocenters. The lowest BCUT2D eigenvalue weighted by molar-refractivity contribution is 0.533. The van der Waals surface area contributed by atoms with Gasteiger partial charge in [0.15, 0.2) is 0 Å². The van der Waals surface area contributed by atoms with Crippen molar-refractivity contribution in [3.05, 3.63) is 11.9 Å². The van der Waals surface area contributed by atoms with Crippen molar-refractivity contribution in [1.82, 2.24) is 14.9 Å². The second kappa shape index (κ2) is 3.48. The fourth-order valence-corrected chi connectivity index (χ4v) is 3.38. The summed E-state index contributed by atoms with van der Waals surface area (Å²) in [7, 11) is 0. The molecule has 1 saturated carbocycles. The maximum absolute atomic E-state index is 4.75. The summed E-state index contributed by atoms with van der Waals surface area (Å²) in [5.41, 5.74) is 1.17. The van der Waals surface area contributed by atoms with E-state index in [-0.39, 0.29) is 0 Å². The van der Waals surface area contributed by atoms with Crippen LogP contribution in [-0.2, 0) is 0 Å². The average Bonchev–Trinajstić information content (AvgIpc) is 2.74. The zero-order valence-electron chi connectivity index (χ0n) is 10.4. The summed E-state index contributed by atoms with van der Waals surface area (Å²) in [5.74, 6) is 2.93. The molecule has 0 spiro atoms. The van der Waals surface area contributed by atoms with Gasteiger partial charge in [0.2, 0.25) is 5.95 Å². The quantitative estimate of drug-likeness (QED) is 0.831. The van der Waals surface area contributed by atoms with E-state index in [1.54, 1.807) is 0 Å². The third-order valence-electron chi connectivity index (χ3n) is 4.45. The summed E-state index contributed by atoms with van der Waals surface area (Å²) in [5, 5.41) is 3.50. The van der Waals surface area contributed by atoms with Gasteiger partial charge in [0.1, 0.15) is 0 Å². The lowest BCUT2D eigenvalue weighted by Crippen LogP contribution is -2.27. The number of imidazole rings is 1. The highest BCUT2D eigenvalue weighted by atomic mass is 15.3.